The monoisotopic (exact) mass is 583 g/mol. The summed E-state index contributed by atoms with van der Waals surface area (Å²) in [6.45, 7) is 10.6. The van der Waals surface area contributed by atoms with Gasteiger partial charge in [0.05, 0.1) is 22.0 Å². The van der Waals surface area contributed by atoms with Gasteiger partial charge in [-0.3, -0.25) is 13.9 Å². The van der Waals surface area contributed by atoms with Crippen molar-refractivity contribution in [2.75, 3.05) is 23.7 Å². The van der Waals surface area contributed by atoms with E-state index in [1.54, 1.807) is 29.2 Å². The van der Waals surface area contributed by atoms with E-state index in [2.05, 4.69) is 5.32 Å². The van der Waals surface area contributed by atoms with Crippen LogP contribution in [0.15, 0.2) is 36.4 Å². The lowest BCUT2D eigenvalue weighted by molar-refractivity contribution is -0.141. The van der Waals surface area contributed by atoms with Crippen molar-refractivity contribution >= 4 is 50.7 Å². The number of nitrogens with one attached hydrogen (secondary N) is 1. The van der Waals surface area contributed by atoms with Crippen molar-refractivity contribution in [3.63, 3.8) is 0 Å². The fourth-order valence-electron chi connectivity index (χ4n) is 4.06. The molecule has 2 amide bonds. The third-order valence-corrected chi connectivity index (χ3v) is 8.27. The number of nitrogens with zero attached hydrogens (tertiary/aromatic N) is 2. The van der Waals surface area contributed by atoms with Crippen LogP contribution in [0.1, 0.15) is 56.7 Å². The average molecular weight is 585 g/mol. The first-order valence-corrected chi connectivity index (χ1v) is 15.4. The van der Waals surface area contributed by atoms with Gasteiger partial charge in [-0.25, -0.2) is 8.42 Å². The van der Waals surface area contributed by atoms with Crippen molar-refractivity contribution in [1.82, 2.24) is 10.2 Å². The highest BCUT2D eigenvalue weighted by Crippen LogP contribution is 2.25. The van der Waals surface area contributed by atoms with Crippen LogP contribution in [0.4, 0.5) is 5.69 Å². The van der Waals surface area contributed by atoms with Crippen molar-refractivity contribution < 1.29 is 18.0 Å². The fraction of sp³-hybridized carbons (Fsp3) is 0.500. The second-order valence-corrected chi connectivity index (χ2v) is 12.8. The highest BCUT2D eigenvalue weighted by Gasteiger charge is 2.29. The Morgan fingerprint density at radius 3 is 2.24 bits per heavy atom. The van der Waals surface area contributed by atoms with Crippen LogP contribution in [0.2, 0.25) is 10.0 Å². The van der Waals surface area contributed by atoms with Gasteiger partial charge in [-0.1, -0.05) is 56.1 Å². The van der Waals surface area contributed by atoms with Crippen LogP contribution in [-0.2, 0) is 26.2 Å². The van der Waals surface area contributed by atoms with Crippen LogP contribution in [0.5, 0.6) is 0 Å². The molecule has 0 radical (unpaired) electrons. The predicted molar refractivity (Wildman–Crippen MR) is 156 cm³/mol. The van der Waals surface area contributed by atoms with E-state index in [9.17, 15) is 18.0 Å². The largest absolute Gasteiger partial charge is 0.354 e. The Balaban J connectivity index is 2.25. The average Bonchev–Trinajstić information content (AvgIpc) is 2.83. The third-order valence-electron chi connectivity index (χ3n) is 6.34. The van der Waals surface area contributed by atoms with E-state index in [1.165, 1.54) is 4.31 Å². The van der Waals surface area contributed by atoms with Gasteiger partial charge in [-0.2, -0.15) is 0 Å². The molecule has 2 rings (SSSR count). The van der Waals surface area contributed by atoms with Gasteiger partial charge in [0.1, 0.15) is 6.04 Å². The predicted octanol–water partition coefficient (Wildman–Crippen LogP) is 5.74. The molecule has 0 aliphatic rings. The highest BCUT2D eigenvalue weighted by molar-refractivity contribution is 7.92. The van der Waals surface area contributed by atoms with E-state index < -0.39 is 16.1 Å². The molecular weight excluding hydrogens is 545 g/mol. The Morgan fingerprint density at radius 1 is 1.00 bits per heavy atom. The van der Waals surface area contributed by atoms with Gasteiger partial charge in [-0.05, 0) is 73.6 Å². The standard InChI is InChI=1S/C28H39Cl2N3O4S/c1-7-26(28(35)31-17-19(2)3)32(18-22-11-13-24(29)25(30)16-22)27(34)9-8-14-33(38(6,36)37)23-12-10-20(4)21(5)15-23/h10-13,15-16,19,26H,7-9,14,17-18H2,1-6H3,(H,31,35)/t26-/m1/s1. The SMILES string of the molecule is CC[C@H](C(=O)NCC(C)C)N(Cc1ccc(Cl)c(Cl)c1)C(=O)CCCN(c1ccc(C)c(C)c1)S(C)(=O)=O. The van der Waals surface area contributed by atoms with Gasteiger partial charge in [0, 0.05) is 26.1 Å². The number of anilines is 1. The Kier molecular flexibility index (Phi) is 11.9. The van der Waals surface area contributed by atoms with Crippen molar-refractivity contribution in [3.8, 4) is 0 Å². The normalized spacial score (nSPS) is 12.3. The number of carbonyl (C=O) groups is 2. The number of amides is 2. The van der Waals surface area contributed by atoms with Gasteiger partial charge in [0.2, 0.25) is 21.8 Å². The molecule has 1 atom stereocenters. The van der Waals surface area contributed by atoms with E-state index in [0.29, 0.717) is 35.1 Å². The lowest BCUT2D eigenvalue weighted by Crippen LogP contribution is -2.49. The van der Waals surface area contributed by atoms with Gasteiger partial charge >= 0.3 is 0 Å². The molecular formula is C28H39Cl2N3O4S. The summed E-state index contributed by atoms with van der Waals surface area (Å²) >= 11 is 12.3. The molecule has 0 heterocycles. The van der Waals surface area contributed by atoms with Crippen LogP contribution in [-0.4, -0.2) is 50.5 Å². The molecule has 0 unspecified atom stereocenters. The van der Waals surface area contributed by atoms with Gasteiger partial charge in [0.25, 0.3) is 0 Å². The summed E-state index contributed by atoms with van der Waals surface area (Å²) in [6.07, 6.45) is 1.95. The van der Waals surface area contributed by atoms with Crippen molar-refractivity contribution in [1.29, 1.82) is 0 Å². The van der Waals surface area contributed by atoms with Gasteiger partial charge in [0.15, 0.2) is 0 Å². The number of halogens is 2. The second kappa shape index (κ2) is 14.2. The molecule has 2 aromatic carbocycles. The summed E-state index contributed by atoms with van der Waals surface area (Å²) in [5.74, 6) is -0.193. The Hall–Kier alpha value is -2.29. The zero-order valence-corrected chi connectivity index (χ0v) is 25.4. The van der Waals surface area contributed by atoms with Crippen LogP contribution in [0, 0.1) is 19.8 Å². The molecule has 0 aliphatic carbocycles. The van der Waals surface area contributed by atoms with E-state index >= 15 is 0 Å². The number of hydrogen-bond acceptors (Lipinski definition) is 4. The van der Waals surface area contributed by atoms with Crippen LogP contribution >= 0.6 is 23.2 Å². The second-order valence-electron chi connectivity index (χ2n) is 10.0. The first-order valence-electron chi connectivity index (χ1n) is 12.8. The summed E-state index contributed by atoms with van der Waals surface area (Å²) in [5, 5.41) is 3.70. The van der Waals surface area contributed by atoms with Crippen molar-refractivity contribution in [3.05, 3.63) is 63.1 Å². The summed E-state index contributed by atoms with van der Waals surface area (Å²) < 4.78 is 26.4. The Bertz CT molecular complexity index is 1230. The molecule has 0 saturated carbocycles. The first-order chi connectivity index (χ1) is 17.7. The maximum absolute atomic E-state index is 13.5. The summed E-state index contributed by atoms with van der Waals surface area (Å²) in [4.78, 5) is 28.1. The molecule has 0 fully saturated rings. The number of aryl methyl sites for hydroxylation is 2. The van der Waals surface area contributed by atoms with E-state index in [-0.39, 0.29) is 37.2 Å². The van der Waals surface area contributed by atoms with E-state index in [1.807, 2.05) is 46.8 Å². The van der Waals surface area contributed by atoms with Gasteiger partial charge in [-0.15, -0.1) is 0 Å². The lowest BCUT2D eigenvalue weighted by Gasteiger charge is -2.31. The molecule has 2 aromatic rings. The zero-order chi connectivity index (χ0) is 28.6. The first kappa shape index (κ1) is 31.9. The van der Waals surface area contributed by atoms with Crippen LogP contribution < -0.4 is 9.62 Å². The summed E-state index contributed by atoms with van der Waals surface area (Å²) in [7, 11) is -3.56. The van der Waals surface area contributed by atoms with E-state index in [0.717, 1.165) is 22.9 Å². The maximum atomic E-state index is 13.5. The molecule has 210 valence electrons. The summed E-state index contributed by atoms with van der Waals surface area (Å²) in [6, 6.07) is 9.94. The Labute approximate surface area is 237 Å². The van der Waals surface area contributed by atoms with Crippen molar-refractivity contribution in [2.45, 2.75) is 66.5 Å². The molecule has 7 nitrogen and oxygen atoms in total. The molecule has 0 aliphatic heterocycles. The highest BCUT2D eigenvalue weighted by atomic mass is 35.5. The molecule has 38 heavy (non-hydrogen) atoms. The molecule has 10 heteroatoms. The minimum absolute atomic E-state index is 0.0755. The van der Waals surface area contributed by atoms with Crippen LogP contribution in [0.3, 0.4) is 0 Å². The molecule has 1 N–H and O–H groups in total. The number of rotatable bonds is 13. The Morgan fingerprint density at radius 2 is 1.68 bits per heavy atom. The molecule has 0 saturated heterocycles. The smallest absolute Gasteiger partial charge is 0.242 e. The number of hydrogen-bond donors (Lipinski definition) is 1. The lowest BCUT2D eigenvalue weighted by atomic mass is 10.1. The quantitative estimate of drug-likeness (QED) is 0.326. The number of carbonyl (C=O) groups excluding carboxylic acids is 2. The van der Waals surface area contributed by atoms with E-state index in [4.69, 9.17) is 23.2 Å². The minimum atomic E-state index is -3.56. The van der Waals surface area contributed by atoms with Gasteiger partial charge < -0.3 is 10.2 Å². The molecule has 0 aromatic heterocycles. The third kappa shape index (κ3) is 9.17. The summed E-state index contributed by atoms with van der Waals surface area (Å²) in [5.41, 5.74) is 3.36. The molecule has 0 spiro atoms. The van der Waals surface area contributed by atoms with Crippen LogP contribution in [0.25, 0.3) is 0 Å². The topological polar surface area (TPSA) is 86.8 Å². The van der Waals surface area contributed by atoms with Crippen molar-refractivity contribution in [2.24, 2.45) is 5.92 Å². The maximum Gasteiger partial charge on any atom is 0.242 e. The molecule has 0 bridgehead atoms. The minimum Gasteiger partial charge on any atom is -0.354 e. The number of benzene rings is 2. The fourth-order valence-corrected chi connectivity index (χ4v) is 5.34. The number of sulfonamides is 1. The zero-order valence-electron chi connectivity index (χ0n) is 23.1.